The molecule has 16 heavy (non-hydrogen) atoms. The van der Waals surface area contributed by atoms with Crippen LogP contribution in [0.5, 0.6) is 0 Å². The Labute approximate surface area is 109 Å². The van der Waals surface area contributed by atoms with E-state index >= 15 is 0 Å². The van der Waals surface area contributed by atoms with E-state index < -0.39 is 10.4 Å². The van der Waals surface area contributed by atoms with Crippen LogP contribution in [0.4, 0.5) is 0 Å². The molecule has 2 fully saturated rings. The zero-order valence-electron chi connectivity index (χ0n) is 8.21. The molecule has 0 saturated heterocycles. The molecule has 4 nitrogen and oxygen atoms in total. The van der Waals surface area contributed by atoms with Crippen molar-refractivity contribution >= 4 is 10.4 Å². The average Bonchev–Trinajstić information content (AvgIpc) is 2.81. The van der Waals surface area contributed by atoms with Gasteiger partial charge in [-0.1, -0.05) is 0 Å². The summed E-state index contributed by atoms with van der Waals surface area (Å²) in [5.74, 6) is 0. The minimum Gasteiger partial charge on any atom is -0.726 e. The molecule has 2 aliphatic carbocycles. The Hall–Kier alpha value is 0.389. The van der Waals surface area contributed by atoms with Crippen molar-refractivity contribution in [2.24, 2.45) is 0 Å². The van der Waals surface area contributed by atoms with Crippen LogP contribution in [0.2, 0.25) is 0 Å². The van der Waals surface area contributed by atoms with Crippen LogP contribution in [-0.4, -0.2) is 17.5 Å². The summed E-state index contributed by atoms with van der Waals surface area (Å²) in [4.78, 5) is 0. The van der Waals surface area contributed by atoms with Crippen LogP contribution in [0.15, 0.2) is 0 Å². The first-order chi connectivity index (χ1) is 7.00. The van der Waals surface area contributed by atoms with E-state index in [9.17, 15) is 0 Å². The van der Waals surface area contributed by atoms with Crippen molar-refractivity contribution in [1.82, 2.24) is 0 Å². The van der Waals surface area contributed by atoms with Crippen molar-refractivity contribution in [1.29, 1.82) is 0 Å². The molecule has 0 aromatic rings. The van der Waals surface area contributed by atoms with Gasteiger partial charge in [0.25, 0.3) is 0 Å². The zero-order chi connectivity index (χ0) is 11.6. The maximum Gasteiger partial charge on any atom is 3.00 e. The summed E-state index contributed by atoms with van der Waals surface area (Å²) >= 11 is 0. The molecular formula is C10H11FeO4S+2. The molecule has 2 saturated carbocycles. The maximum atomic E-state index is 8.63. The first-order valence-electron chi connectivity index (χ1n) is 4.02. The van der Waals surface area contributed by atoms with E-state index in [2.05, 4.69) is 0 Å². The second kappa shape index (κ2) is 11.9. The zero-order valence-corrected chi connectivity index (χ0v) is 10.1. The minimum absolute atomic E-state index is 0. The van der Waals surface area contributed by atoms with E-state index in [4.69, 9.17) is 17.5 Å². The van der Waals surface area contributed by atoms with Crippen LogP contribution in [0.3, 0.4) is 0 Å². The summed E-state index contributed by atoms with van der Waals surface area (Å²) in [6.07, 6.45) is 20.0. The molecule has 0 atom stereocenters. The predicted octanol–water partition coefficient (Wildman–Crippen LogP) is 1.05. The fourth-order valence-electron chi connectivity index (χ4n) is 0.642. The molecule has 2 rings (SSSR count). The van der Waals surface area contributed by atoms with Crippen molar-refractivity contribution in [2.75, 3.05) is 0 Å². The first kappa shape index (κ1) is 18.7. The molecule has 6 heteroatoms. The van der Waals surface area contributed by atoms with Gasteiger partial charge in [0, 0.05) is 0 Å². The standard InChI is InChI=1S/2C5H5.Fe.H2O4S/c2*1-2-4-5-3-1;;1-5(2,3)4/h2*1-5H;;(H2,1,2,3,4)/q;;+3;/p-1. The van der Waals surface area contributed by atoms with E-state index in [0.29, 0.717) is 0 Å². The van der Waals surface area contributed by atoms with Crippen molar-refractivity contribution < 1.29 is 34.6 Å². The molecule has 0 aromatic carbocycles. The van der Waals surface area contributed by atoms with Gasteiger partial charge in [-0.3, -0.25) is 4.55 Å². The van der Waals surface area contributed by atoms with E-state index in [1.165, 1.54) is 0 Å². The smallest absolute Gasteiger partial charge is 0.726 e. The second-order valence-electron chi connectivity index (χ2n) is 2.35. The third-order valence-corrected chi connectivity index (χ3v) is 1.11. The Bertz CT molecular complexity index is 188. The van der Waals surface area contributed by atoms with Gasteiger partial charge < -0.3 is 4.55 Å². The van der Waals surface area contributed by atoms with E-state index in [1.54, 1.807) is 0 Å². The minimum atomic E-state index is -4.92. The van der Waals surface area contributed by atoms with Gasteiger partial charge in [-0.2, -0.15) is 0 Å². The quantitative estimate of drug-likeness (QED) is 0.409. The van der Waals surface area contributed by atoms with Crippen LogP contribution in [0.1, 0.15) is 0 Å². The van der Waals surface area contributed by atoms with Crippen molar-refractivity contribution in [3.63, 3.8) is 0 Å². The Balaban J connectivity index is 0. The molecule has 0 spiro atoms. The second-order valence-corrected chi connectivity index (χ2v) is 3.21. The third kappa shape index (κ3) is 23.9. The Morgan fingerprint density at radius 1 is 0.688 bits per heavy atom. The molecule has 0 bridgehead atoms. The van der Waals surface area contributed by atoms with Gasteiger partial charge in [0.2, 0.25) is 10.4 Å². The summed E-state index contributed by atoms with van der Waals surface area (Å²) in [7, 11) is -4.92. The van der Waals surface area contributed by atoms with Crippen LogP contribution in [0.25, 0.3) is 0 Å². The van der Waals surface area contributed by atoms with Gasteiger partial charge in [-0.25, -0.2) is 8.42 Å². The summed E-state index contributed by atoms with van der Waals surface area (Å²) in [6.45, 7) is 0. The molecule has 0 heterocycles. The molecule has 11 radical (unpaired) electrons. The Morgan fingerprint density at radius 2 is 0.750 bits per heavy atom. The van der Waals surface area contributed by atoms with Crippen molar-refractivity contribution in [3.8, 4) is 0 Å². The number of hydrogen-bond acceptors (Lipinski definition) is 3. The summed E-state index contributed by atoms with van der Waals surface area (Å²) in [5.41, 5.74) is 0. The normalized spacial score (nSPS) is 18.6. The monoisotopic (exact) mass is 283 g/mol. The molecule has 2 aliphatic rings. The molecule has 1 N–H and O–H groups in total. The third-order valence-electron chi connectivity index (χ3n) is 1.11. The fourth-order valence-corrected chi connectivity index (χ4v) is 0.642. The van der Waals surface area contributed by atoms with Gasteiger partial charge in [0.15, 0.2) is 0 Å². The first-order valence-corrected chi connectivity index (χ1v) is 5.38. The van der Waals surface area contributed by atoms with E-state index in [0.717, 1.165) is 0 Å². The topological polar surface area (TPSA) is 77.4 Å². The number of rotatable bonds is 0. The summed E-state index contributed by atoms with van der Waals surface area (Å²) in [5, 5.41) is 0. The molecule has 0 aliphatic heterocycles. The van der Waals surface area contributed by atoms with Gasteiger partial charge in [0.1, 0.15) is 0 Å². The fraction of sp³-hybridized carbons (Fsp3) is 0. The molecule has 0 amide bonds. The van der Waals surface area contributed by atoms with E-state index in [1.807, 2.05) is 64.2 Å². The average molecular weight is 283 g/mol. The molecule has 0 unspecified atom stereocenters. The van der Waals surface area contributed by atoms with Crippen molar-refractivity contribution in [2.45, 2.75) is 0 Å². The maximum absolute atomic E-state index is 8.63. The Kier molecular flexibility index (Phi) is 13.9. The van der Waals surface area contributed by atoms with Crippen LogP contribution < -0.4 is 0 Å². The molecule has 0 aromatic heterocycles. The van der Waals surface area contributed by atoms with Crippen LogP contribution in [-0.2, 0) is 27.5 Å². The summed E-state index contributed by atoms with van der Waals surface area (Å²) in [6, 6.07) is 0. The van der Waals surface area contributed by atoms with Crippen LogP contribution in [0, 0.1) is 64.2 Å². The molecular weight excluding hydrogens is 272 g/mol. The van der Waals surface area contributed by atoms with Gasteiger partial charge in [0.05, 0.1) is 0 Å². The SMILES string of the molecule is O=S(=O)([O-])O.[CH]1[CH][CH][CH][CH]1.[CH]1[CH][CH][CH][CH]1.[Fe+3]. The van der Waals surface area contributed by atoms with Gasteiger partial charge >= 0.3 is 17.1 Å². The Morgan fingerprint density at radius 3 is 0.812 bits per heavy atom. The predicted molar refractivity (Wildman–Crippen MR) is 55.3 cm³/mol. The van der Waals surface area contributed by atoms with Crippen LogP contribution >= 0.6 is 0 Å². The number of hydrogen-bond donors (Lipinski definition) is 1. The van der Waals surface area contributed by atoms with Gasteiger partial charge in [-0.15, -0.1) is 0 Å². The van der Waals surface area contributed by atoms with E-state index in [-0.39, 0.29) is 17.1 Å². The van der Waals surface area contributed by atoms with Crippen molar-refractivity contribution in [3.05, 3.63) is 64.2 Å². The largest absolute Gasteiger partial charge is 3.00 e. The molecule has 87 valence electrons. The van der Waals surface area contributed by atoms with Gasteiger partial charge in [-0.05, 0) is 64.2 Å². The summed E-state index contributed by atoms with van der Waals surface area (Å²) < 4.78 is 32.8.